The first-order valence-electron chi connectivity index (χ1n) is 8.24. The van der Waals surface area contributed by atoms with Crippen LogP contribution < -0.4 is 20.3 Å². The third-order valence-electron chi connectivity index (χ3n) is 4.10. The summed E-state index contributed by atoms with van der Waals surface area (Å²) < 4.78 is 27.1. The Morgan fingerprint density at radius 3 is 2.52 bits per heavy atom. The molecule has 0 radical (unpaired) electrons. The molecule has 3 rings (SSSR count). The van der Waals surface area contributed by atoms with Crippen LogP contribution in [-0.2, 0) is 26.0 Å². The highest BCUT2D eigenvalue weighted by Crippen LogP contribution is 2.25. The van der Waals surface area contributed by atoms with E-state index in [-0.39, 0.29) is 17.2 Å². The summed E-state index contributed by atoms with van der Waals surface area (Å²) in [4.78, 5) is 25.4. The largest absolute Gasteiger partial charge is 0.378 e. The smallest absolute Gasteiger partial charge is 0.241 e. The number of rotatable bonds is 6. The number of nitrogens with zero attached hydrogens (tertiary/aromatic N) is 1. The molecule has 2 aromatic carbocycles. The second-order valence-electron chi connectivity index (χ2n) is 6.36. The number of benzene rings is 2. The van der Waals surface area contributed by atoms with Gasteiger partial charge in [0, 0.05) is 31.2 Å². The zero-order chi connectivity index (χ0) is 19.6. The molecule has 1 aliphatic heterocycles. The third kappa shape index (κ3) is 4.44. The zero-order valence-electron chi connectivity index (χ0n) is 14.9. The standard InChI is InChI=1S/C18H20N4O4S/c1-22(2)14-5-3-13(4-6-14)20-18(24)11-19-27(25,26)15-7-8-16-12(9-15)10-17(23)21-16/h3-9,19H,10-11H2,1-2H3,(H,20,24)(H,21,23). The maximum absolute atomic E-state index is 12.4. The maximum atomic E-state index is 12.4. The van der Waals surface area contributed by atoms with E-state index in [1.54, 1.807) is 18.2 Å². The van der Waals surface area contributed by atoms with E-state index in [2.05, 4.69) is 15.4 Å². The molecule has 0 spiro atoms. The van der Waals surface area contributed by atoms with Gasteiger partial charge in [0.05, 0.1) is 17.9 Å². The van der Waals surface area contributed by atoms with Gasteiger partial charge in [0.1, 0.15) is 0 Å². The second-order valence-corrected chi connectivity index (χ2v) is 8.12. The predicted octanol–water partition coefficient (Wildman–Crippen LogP) is 1.16. The Labute approximate surface area is 157 Å². The lowest BCUT2D eigenvalue weighted by atomic mass is 10.2. The number of carbonyl (C=O) groups excluding carboxylic acids is 2. The van der Waals surface area contributed by atoms with Crippen molar-refractivity contribution < 1.29 is 18.0 Å². The number of fused-ring (bicyclic) bond motifs is 1. The lowest BCUT2D eigenvalue weighted by Crippen LogP contribution is -2.32. The van der Waals surface area contributed by atoms with Crippen LogP contribution in [-0.4, -0.2) is 40.9 Å². The van der Waals surface area contributed by atoms with Gasteiger partial charge in [-0.15, -0.1) is 0 Å². The van der Waals surface area contributed by atoms with Gasteiger partial charge < -0.3 is 15.5 Å². The van der Waals surface area contributed by atoms with Gasteiger partial charge >= 0.3 is 0 Å². The molecule has 2 aromatic rings. The first kappa shape index (κ1) is 18.9. The van der Waals surface area contributed by atoms with Gasteiger partial charge in [0.15, 0.2) is 0 Å². The van der Waals surface area contributed by atoms with Crippen LogP contribution in [0.1, 0.15) is 5.56 Å². The molecule has 0 saturated heterocycles. The Hall–Kier alpha value is -2.91. The van der Waals surface area contributed by atoms with Crippen molar-refractivity contribution in [1.82, 2.24) is 4.72 Å². The maximum Gasteiger partial charge on any atom is 0.241 e. The molecule has 27 heavy (non-hydrogen) atoms. The first-order valence-corrected chi connectivity index (χ1v) is 9.72. The van der Waals surface area contributed by atoms with Crippen LogP contribution in [0.15, 0.2) is 47.4 Å². The van der Waals surface area contributed by atoms with Crippen molar-refractivity contribution in [2.75, 3.05) is 36.2 Å². The fourth-order valence-corrected chi connectivity index (χ4v) is 3.70. The van der Waals surface area contributed by atoms with E-state index in [9.17, 15) is 18.0 Å². The van der Waals surface area contributed by atoms with Crippen LogP contribution in [0.4, 0.5) is 17.1 Å². The van der Waals surface area contributed by atoms with Crippen molar-refractivity contribution in [3.05, 3.63) is 48.0 Å². The molecule has 0 aliphatic carbocycles. The lowest BCUT2D eigenvalue weighted by Gasteiger charge is -2.13. The fourth-order valence-electron chi connectivity index (χ4n) is 2.66. The molecule has 142 valence electrons. The van der Waals surface area contributed by atoms with Crippen LogP contribution in [0.25, 0.3) is 0 Å². The topological polar surface area (TPSA) is 108 Å². The van der Waals surface area contributed by atoms with Gasteiger partial charge in [-0.05, 0) is 48.0 Å². The van der Waals surface area contributed by atoms with Crippen LogP contribution in [0, 0.1) is 0 Å². The van der Waals surface area contributed by atoms with Gasteiger partial charge in [0.2, 0.25) is 21.8 Å². The summed E-state index contributed by atoms with van der Waals surface area (Å²) in [5.74, 6) is -0.652. The van der Waals surface area contributed by atoms with Gasteiger partial charge in [0.25, 0.3) is 0 Å². The summed E-state index contributed by atoms with van der Waals surface area (Å²) in [6.45, 7) is -0.397. The molecular weight excluding hydrogens is 368 g/mol. The molecule has 0 atom stereocenters. The normalized spacial score (nSPS) is 13.0. The molecule has 9 heteroatoms. The second kappa shape index (κ2) is 7.37. The Bertz CT molecular complexity index is 985. The molecule has 8 nitrogen and oxygen atoms in total. The quantitative estimate of drug-likeness (QED) is 0.688. The lowest BCUT2D eigenvalue weighted by molar-refractivity contribution is -0.115. The summed E-state index contributed by atoms with van der Waals surface area (Å²) in [6.07, 6.45) is 0.141. The average molecular weight is 388 g/mol. The number of sulfonamides is 1. The van der Waals surface area contributed by atoms with Crippen LogP contribution in [0.2, 0.25) is 0 Å². The molecule has 1 heterocycles. The van der Waals surface area contributed by atoms with Crippen LogP contribution in [0.3, 0.4) is 0 Å². The summed E-state index contributed by atoms with van der Waals surface area (Å²) >= 11 is 0. The molecular formula is C18H20N4O4S. The highest BCUT2D eigenvalue weighted by atomic mass is 32.2. The summed E-state index contributed by atoms with van der Waals surface area (Å²) in [7, 11) is -0.0412. The van der Waals surface area contributed by atoms with Crippen LogP contribution >= 0.6 is 0 Å². The number of hydrogen-bond donors (Lipinski definition) is 3. The molecule has 0 saturated carbocycles. The van der Waals surface area contributed by atoms with Crippen molar-refractivity contribution in [1.29, 1.82) is 0 Å². The Morgan fingerprint density at radius 2 is 1.85 bits per heavy atom. The van der Waals surface area contributed by atoms with Crippen molar-refractivity contribution >= 4 is 38.9 Å². The van der Waals surface area contributed by atoms with E-state index < -0.39 is 22.5 Å². The molecule has 2 amide bonds. The van der Waals surface area contributed by atoms with E-state index in [1.807, 2.05) is 31.1 Å². The van der Waals surface area contributed by atoms with E-state index in [0.717, 1.165) is 5.69 Å². The highest BCUT2D eigenvalue weighted by Gasteiger charge is 2.22. The number of carbonyl (C=O) groups is 2. The Balaban J connectivity index is 1.61. The number of amides is 2. The fraction of sp³-hybridized carbons (Fsp3) is 0.222. The van der Waals surface area contributed by atoms with Gasteiger partial charge in [-0.3, -0.25) is 9.59 Å². The van der Waals surface area contributed by atoms with E-state index >= 15 is 0 Å². The minimum Gasteiger partial charge on any atom is -0.378 e. The Morgan fingerprint density at radius 1 is 1.15 bits per heavy atom. The van der Waals surface area contributed by atoms with E-state index in [4.69, 9.17) is 0 Å². The molecule has 1 aliphatic rings. The van der Waals surface area contributed by atoms with Crippen molar-refractivity contribution in [2.45, 2.75) is 11.3 Å². The SMILES string of the molecule is CN(C)c1ccc(NC(=O)CNS(=O)(=O)c2ccc3c(c2)CC(=O)N3)cc1. The minimum atomic E-state index is -3.86. The first-order chi connectivity index (χ1) is 12.7. The number of anilines is 3. The monoisotopic (exact) mass is 388 g/mol. The number of nitrogens with one attached hydrogen (secondary N) is 3. The summed E-state index contributed by atoms with van der Waals surface area (Å²) in [5, 5.41) is 5.28. The van der Waals surface area contributed by atoms with E-state index in [0.29, 0.717) is 16.9 Å². The van der Waals surface area contributed by atoms with Crippen molar-refractivity contribution in [3.63, 3.8) is 0 Å². The van der Waals surface area contributed by atoms with Gasteiger partial charge in [-0.25, -0.2) is 13.1 Å². The predicted molar refractivity (Wildman–Crippen MR) is 103 cm³/mol. The Kier molecular flexibility index (Phi) is 5.15. The van der Waals surface area contributed by atoms with Crippen molar-refractivity contribution in [3.8, 4) is 0 Å². The number of hydrogen-bond acceptors (Lipinski definition) is 5. The zero-order valence-corrected chi connectivity index (χ0v) is 15.8. The van der Waals surface area contributed by atoms with Gasteiger partial charge in [-0.2, -0.15) is 0 Å². The molecule has 0 bridgehead atoms. The summed E-state index contributed by atoms with van der Waals surface area (Å²) in [6, 6.07) is 11.6. The van der Waals surface area contributed by atoms with Crippen LogP contribution in [0.5, 0.6) is 0 Å². The third-order valence-corrected chi connectivity index (χ3v) is 5.50. The molecule has 0 fully saturated rings. The molecule has 3 N–H and O–H groups in total. The minimum absolute atomic E-state index is 0.0147. The van der Waals surface area contributed by atoms with E-state index in [1.165, 1.54) is 12.1 Å². The van der Waals surface area contributed by atoms with Gasteiger partial charge in [-0.1, -0.05) is 0 Å². The molecule has 0 aromatic heterocycles. The van der Waals surface area contributed by atoms with Crippen molar-refractivity contribution in [2.24, 2.45) is 0 Å². The molecule has 0 unspecified atom stereocenters. The highest BCUT2D eigenvalue weighted by molar-refractivity contribution is 7.89. The average Bonchev–Trinajstić information content (AvgIpc) is 2.99. The summed E-state index contributed by atoms with van der Waals surface area (Å²) in [5.41, 5.74) is 2.79.